The first-order chi connectivity index (χ1) is 10.3. The van der Waals surface area contributed by atoms with Crippen LogP contribution in [0.1, 0.15) is 31.7 Å². The van der Waals surface area contributed by atoms with Gasteiger partial charge in [-0.1, -0.05) is 26.0 Å². The SMILES string of the molecule is CC[C@H](C)c1ccc(NC(=O)CN(C)CC(=O)N(C)C)cc1. The van der Waals surface area contributed by atoms with Gasteiger partial charge in [-0.3, -0.25) is 14.5 Å². The van der Waals surface area contributed by atoms with E-state index >= 15 is 0 Å². The van der Waals surface area contributed by atoms with Crippen molar-refractivity contribution in [1.29, 1.82) is 0 Å². The van der Waals surface area contributed by atoms with Crippen LogP contribution in [0.15, 0.2) is 24.3 Å². The van der Waals surface area contributed by atoms with Gasteiger partial charge in [-0.15, -0.1) is 0 Å². The zero-order chi connectivity index (χ0) is 16.7. The van der Waals surface area contributed by atoms with Crippen LogP contribution in [0, 0.1) is 0 Å². The molecule has 22 heavy (non-hydrogen) atoms. The molecule has 2 amide bonds. The van der Waals surface area contributed by atoms with Crippen molar-refractivity contribution in [3.8, 4) is 0 Å². The number of nitrogens with zero attached hydrogens (tertiary/aromatic N) is 2. The summed E-state index contributed by atoms with van der Waals surface area (Å²) in [5.41, 5.74) is 2.05. The molecule has 0 aliphatic rings. The number of likely N-dealkylation sites (N-methyl/N-ethyl adjacent to an activating group) is 2. The Morgan fingerprint density at radius 1 is 1.09 bits per heavy atom. The van der Waals surface area contributed by atoms with Gasteiger partial charge in [0.15, 0.2) is 0 Å². The van der Waals surface area contributed by atoms with Crippen LogP contribution < -0.4 is 5.32 Å². The number of rotatable bonds is 7. The molecule has 5 heteroatoms. The van der Waals surface area contributed by atoms with Gasteiger partial charge >= 0.3 is 0 Å². The number of amides is 2. The molecule has 1 N–H and O–H groups in total. The lowest BCUT2D eigenvalue weighted by Crippen LogP contribution is -2.38. The first-order valence-corrected chi connectivity index (χ1v) is 7.62. The Labute approximate surface area is 133 Å². The van der Waals surface area contributed by atoms with E-state index in [9.17, 15) is 9.59 Å². The number of hydrogen-bond acceptors (Lipinski definition) is 3. The van der Waals surface area contributed by atoms with Crippen LogP contribution in [0.25, 0.3) is 0 Å². The smallest absolute Gasteiger partial charge is 0.238 e. The molecular formula is C17H27N3O2. The Morgan fingerprint density at radius 3 is 2.18 bits per heavy atom. The minimum Gasteiger partial charge on any atom is -0.348 e. The molecule has 0 fully saturated rings. The van der Waals surface area contributed by atoms with Gasteiger partial charge in [0.05, 0.1) is 13.1 Å². The van der Waals surface area contributed by atoms with Crippen LogP contribution >= 0.6 is 0 Å². The molecule has 0 bridgehead atoms. The summed E-state index contributed by atoms with van der Waals surface area (Å²) in [6.45, 7) is 4.76. The average Bonchev–Trinajstić information content (AvgIpc) is 2.46. The summed E-state index contributed by atoms with van der Waals surface area (Å²) >= 11 is 0. The fourth-order valence-corrected chi connectivity index (χ4v) is 2.00. The van der Waals surface area contributed by atoms with Crippen LogP contribution in [-0.2, 0) is 9.59 Å². The third kappa shape index (κ3) is 5.85. The standard InChI is InChI=1S/C17H27N3O2/c1-6-13(2)14-7-9-15(10-8-14)18-16(21)11-20(5)12-17(22)19(3)4/h7-10,13H,6,11-12H2,1-5H3,(H,18,21)/t13-/m0/s1. The highest BCUT2D eigenvalue weighted by molar-refractivity contribution is 5.92. The van der Waals surface area contributed by atoms with Crippen molar-refractivity contribution < 1.29 is 9.59 Å². The third-order valence-electron chi connectivity index (χ3n) is 3.69. The van der Waals surface area contributed by atoms with Gasteiger partial charge in [-0.05, 0) is 37.1 Å². The van der Waals surface area contributed by atoms with Crippen molar-refractivity contribution >= 4 is 17.5 Å². The predicted octanol–water partition coefficient (Wildman–Crippen LogP) is 2.16. The van der Waals surface area contributed by atoms with Gasteiger partial charge in [0.1, 0.15) is 0 Å². The number of carbonyl (C=O) groups excluding carboxylic acids is 2. The first-order valence-electron chi connectivity index (χ1n) is 7.62. The molecule has 0 saturated heterocycles. The summed E-state index contributed by atoms with van der Waals surface area (Å²) < 4.78 is 0. The van der Waals surface area contributed by atoms with E-state index in [1.165, 1.54) is 10.5 Å². The first kappa shape index (κ1) is 18.2. The van der Waals surface area contributed by atoms with E-state index in [4.69, 9.17) is 0 Å². The molecule has 1 atom stereocenters. The Hall–Kier alpha value is -1.88. The minimum atomic E-state index is -0.120. The van der Waals surface area contributed by atoms with Crippen molar-refractivity contribution in [2.24, 2.45) is 0 Å². The van der Waals surface area contributed by atoms with E-state index in [0.717, 1.165) is 12.1 Å². The molecule has 0 aliphatic carbocycles. The van der Waals surface area contributed by atoms with Crippen LogP contribution in [0.5, 0.6) is 0 Å². The maximum Gasteiger partial charge on any atom is 0.238 e. The Morgan fingerprint density at radius 2 is 1.68 bits per heavy atom. The van der Waals surface area contributed by atoms with Gasteiger partial charge in [0.2, 0.25) is 11.8 Å². The van der Waals surface area contributed by atoms with Crippen molar-refractivity contribution in [2.45, 2.75) is 26.2 Å². The molecule has 0 spiro atoms. The number of hydrogen-bond donors (Lipinski definition) is 1. The van der Waals surface area contributed by atoms with E-state index in [-0.39, 0.29) is 24.9 Å². The van der Waals surface area contributed by atoms with Gasteiger partial charge in [0, 0.05) is 19.8 Å². The molecular weight excluding hydrogens is 278 g/mol. The Bertz CT molecular complexity index is 497. The molecule has 0 radical (unpaired) electrons. The van der Waals surface area contributed by atoms with E-state index in [2.05, 4.69) is 19.2 Å². The molecule has 0 unspecified atom stereocenters. The molecule has 0 aromatic heterocycles. The summed E-state index contributed by atoms with van der Waals surface area (Å²) in [5.74, 6) is 0.381. The maximum absolute atomic E-state index is 12.0. The van der Waals surface area contributed by atoms with Crippen molar-refractivity contribution in [3.63, 3.8) is 0 Å². The molecule has 1 aromatic rings. The number of carbonyl (C=O) groups is 2. The zero-order valence-electron chi connectivity index (χ0n) is 14.2. The largest absolute Gasteiger partial charge is 0.348 e. The maximum atomic E-state index is 12.0. The molecule has 0 saturated carbocycles. The van der Waals surface area contributed by atoms with Crippen molar-refractivity contribution in [3.05, 3.63) is 29.8 Å². The average molecular weight is 305 g/mol. The summed E-state index contributed by atoms with van der Waals surface area (Å²) in [6.07, 6.45) is 1.09. The fraction of sp³-hybridized carbons (Fsp3) is 0.529. The second-order valence-electron chi connectivity index (χ2n) is 5.94. The number of nitrogens with one attached hydrogen (secondary N) is 1. The number of anilines is 1. The molecule has 5 nitrogen and oxygen atoms in total. The molecule has 0 aliphatic heterocycles. The van der Waals surface area contributed by atoms with Crippen LogP contribution in [0.3, 0.4) is 0 Å². The van der Waals surface area contributed by atoms with E-state index < -0.39 is 0 Å². The monoisotopic (exact) mass is 305 g/mol. The molecule has 1 rings (SSSR count). The number of benzene rings is 1. The fourth-order valence-electron chi connectivity index (χ4n) is 2.00. The van der Waals surface area contributed by atoms with E-state index in [1.54, 1.807) is 26.0 Å². The molecule has 0 heterocycles. The van der Waals surface area contributed by atoms with Gasteiger partial charge in [0.25, 0.3) is 0 Å². The predicted molar refractivity (Wildman–Crippen MR) is 90.0 cm³/mol. The highest BCUT2D eigenvalue weighted by Gasteiger charge is 2.12. The molecule has 1 aromatic carbocycles. The van der Waals surface area contributed by atoms with Crippen LogP contribution in [0.4, 0.5) is 5.69 Å². The summed E-state index contributed by atoms with van der Waals surface area (Å²) in [4.78, 5) is 26.8. The second-order valence-corrected chi connectivity index (χ2v) is 5.94. The van der Waals surface area contributed by atoms with Crippen LogP contribution in [0.2, 0.25) is 0 Å². The lowest BCUT2D eigenvalue weighted by Gasteiger charge is -2.18. The van der Waals surface area contributed by atoms with E-state index in [1.807, 2.05) is 24.3 Å². The third-order valence-corrected chi connectivity index (χ3v) is 3.69. The van der Waals surface area contributed by atoms with Crippen molar-refractivity contribution in [1.82, 2.24) is 9.80 Å². The zero-order valence-corrected chi connectivity index (χ0v) is 14.2. The summed E-state index contributed by atoms with van der Waals surface area (Å²) in [5, 5.41) is 2.85. The minimum absolute atomic E-state index is 0.0202. The van der Waals surface area contributed by atoms with Gasteiger partial charge in [-0.25, -0.2) is 0 Å². The second kappa shape index (κ2) is 8.54. The van der Waals surface area contributed by atoms with Gasteiger partial charge in [-0.2, -0.15) is 0 Å². The van der Waals surface area contributed by atoms with Gasteiger partial charge < -0.3 is 10.2 Å². The summed E-state index contributed by atoms with van der Waals surface area (Å²) in [6, 6.07) is 7.93. The normalized spacial score (nSPS) is 12.1. The lowest BCUT2D eigenvalue weighted by molar-refractivity contribution is -0.130. The Balaban J connectivity index is 2.49. The highest BCUT2D eigenvalue weighted by Crippen LogP contribution is 2.20. The topological polar surface area (TPSA) is 52.7 Å². The highest BCUT2D eigenvalue weighted by atomic mass is 16.2. The Kier molecular flexibility index (Phi) is 7.05. The summed E-state index contributed by atoms with van der Waals surface area (Å²) in [7, 11) is 5.16. The van der Waals surface area contributed by atoms with Crippen LogP contribution in [-0.4, -0.2) is 55.8 Å². The quantitative estimate of drug-likeness (QED) is 0.840. The molecule has 122 valence electrons. The lowest BCUT2D eigenvalue weighted by atomic mass is 9.99. The van der Waals surface area contributed by atoms with Crippen molar-refractivity contribution in [2.75, 3.05) is 39.5 Å². The van der Waals surface area contributed by atoms with E-state index in [0.29, 0.717) is 5.92 Å².